The Bertz CT molecular complexity index is 725. The lowest BCUT2D eigenvalue weighted by Gasteiger charge is -2.25. The van der Waals surface area contributed by atoms with Crippen molar-refractivity contribution in [3.05, 3.63) is 35.9 Å². The van der Waals surface area contributed by atoms with Crippen molar-refractivity contribution in [3.63, 3.8) is 0 Å². The van der Waals surface area contributed by atoms with Gasteiger partial charge in [-0.05, 0) is 17.8 Å². The summed E-state index contributed by atoms with van der Waals surface area (Å²) < 4.78 is 6.75. The average Bonchev–Trinajstić information content (AvgIpc) is 3.02. The predicted octanol–water partition coefficient (Wildman–Crippen LogP) is 0.796. The van der Waals surface area contributed by atoms with Crippen LogP contribution in [0.15, 0.2) is 35.4 Å². The minimum Gasteiger partial charge on any atom is -0.378 e. The fraction of sp³-hybridized carbons (Fsp3) is 0.333. The average molecular weight is 345 g/mol. The lowest BCUT2D eigenvalue weighted by Crippen LogP contribution is -2.37. The van der Waals surface area contributed by atoms with E-state index in [4.69, 9.17) is 22.7 Å². The number of nitrogens with zero attached hydrogens (tertiary/aromatic N) is 6. The fourth-order valence-electron chi connectivity index (χ4n) is 2.23. The van der Waals surface area contributed by atoms with Crippen LogP contribution in [0.1, 0.15) is 5.56 Å². The molecule has 126 valence electrons. The SMILES string of the molecule is CN(/N=C/c1ccccc1)C(=S)n1nc(N2CCOCC2)nc1N. The number of benzene rings is 1. The molecule has 2 heterocycles. The van der Waals surface area contributed by atoms with Crippen molar-refractivity contribution in [1.29, 1.82) is 0 Å². The van der Waals surface area contributed by atoms with Gasteiger partial charge in [0.25, 0.3) is 0 Å². The fourth-order valence-corrected chi connectivity index (χ4v) is 2.41. The van der Waals surface area contributed by atoms with Crippen LogP contribution < -0.4 is 10.6 Å². The van der Waals surface area contributed by atoms with E-state index >= 15 is 0 Å². The third-order valence-corrected chi connectivity index (χ3v) is 3.99. The van der Waals surface area contributed by atoms with Gasteiger partial charge in [0.2, 0.25) is 17.0 Å². The first-order chi connectivity index (χ1) is 11.6. The van der Waals surface area contributed by atoms with Crippen molar-refractivity contribution in [2.75, 3.05) is 44.0 Å². The van der Waals surface area contributed by atoms with E-state index in [2.05, 4.69) is 15.2 Å². The molecule has 3 rings (SSSR count). The van der Waals surface area contributed by atoms with Crippen molar-refractivity contribution in [1.82, 2.24) is 19.8 Å². The third kappa shape index (κ3) is 3.69. The molecule has 0 saturated carbocycles. The monoisotopic (exact) mass is 345 g/mol. The number of hydrogen-bond donors (Lipinski definition) is 1. The molecular weight excluding hydrogens is 326 g/mol. The van der Waals surface area contributed by atoms with Gasteiger partial charge in [0.1, 0.15) is 0 Å². The normalized spacial score (nSPS) is 15.0. The largest absolute Gasteiger partial charge is 0.378 e. The number of nitrogen functional groups attached to an aromatic ring is 1. The molecule has 9 heteroatoms. The molecule has 24 heavy (non-hydrogen) atoms. The first kappa shape index (κ1) is 16.3. The van der Waals surface area contributed by atoms with Gasteiger partial charge in [-0.1, -0.05) is 30.3 Å². The Balaban J connectivity index is 1.72. The van der Waals surface area contributed by atoms with Gasteiger partial charge in [-0.2, -0.15) is 14.8 Å². The second kappa shape index (κ2) is 7.37. The summed E-state index contributed by atoms with van der Waals surface area (Å²) in [6.45, 7) is 2.77. The highest BCUT2D eigenvalue weighted by molar-refractivity contribution is 7.80. The molecule has 0 bridgehead atoms. The summed E-state index contributed by atoms with van der Waals surface area (Å²) in [7, 11) is 1.75. The number of rotatable bonds is 3. The Kier molecular flexibility index (Phi) is 5.02. The van der Waals surface area contributed by atoms with Crippen molar-refractivity contribution in [3.8, 4) is 0 Å². The molecule has 0 unspecified atom stereocenters. The molecule has 2 N–H and O–H groups in total. The number of nitrogens with two attached hydrogens (primary N) is 1. The van der Waals surface area contributed by atoms with Gasteiger partial charge in [0, 0.05) is 20.1 Å². The van der Waals surface area contributed by atoms with Gasteiger partial charge in [-0.25, -0.2) is 5.01 Å². The van der Waals surface area contributed by atoms with E-state index in [0.717, 1.165) is 18.7 Å². The van der Waals surface area contributed by atoms with Crippen LogP contribution in [0, 0.1) is 0 Å². The summed E-state index contributed by atoms with van der Waals surface area (Å²) in [4.78, 5) is 6.31. The Morgan fingerprint density at radius 3 is 2.75 bits per heavy atom. The Morgan fingerprint density at radius 1 is 1.33 bits per heavy atom. The molecule has 1 aliphatic heterocycles. The highest BCUT2D eigenvalue weighted by atomic mass is 32.1. The topological polar surface area (TPSA) is 84.8 Å². The molecule has 0 radical (unpaired) electrons. The van der Waals surface area contributed by atoms with Crippen molar-refractivity contribution in [2.45, 2.75) is 0 Å². The number of aromatic nitrogens is 3. The van der Waals surface area contributed by atoms with Gasteiger partial charge in [-0.3, -0.25) is 0 Å². The Labute approximate surface area is 145 Å². The minimum atomic E-state index is 0.239. The number of hydrogen-bond acceptors (Lipinski definition) is 7. The van der Waals surface area contributed by atoms with E-state index in [0.29, 0.717) is 24.3 Å². The molecule has 0 amide bonds. The van der Waals surface area contributed by atoms with Crippen molar-refractivity contribution < 1.29 is 4.74 Å². The summed E-state index contributed by atoms with van der Waals surface area (Å²) in [5, 5.41) is 10.6. The lowest BCUT2D eigenvalue weighted by atomic mass is 10.2. The summed E-state index contributed by atoms with van der Waals surface area (Å²) in [5.74, 6) is 0.793. The van der Waals surface area contributed by atoms with Crippen molar-refractivity contribution >= 4 is 35.4 Å². The predicted molar refractivity (Wildman–Crippen MR) is 97.3 cm³/mol. The second-order valence-electron chi connectivity index (χ2n) is 5.24. The van der Waals surface area contributed by atoms with E-state index in [1.54, 1.807) is 13.3 Å². The van der Waals surface area contributed by atoms with Crippen LogP contribution in [0.5, 0.6) is 0 Å². The maximum Gasteiger partial charge on any atom is 0.247 e. The number of hydrazone groups is 1. The van der Waals surface area contributed by atoms with E-state index in [9.17, 15) is 0 Å². The second-order valence-corrected chi connectivity index (χ2v) is 5.61. The zero-order chi connectivity index (χ0) is 16.9. The van der Waals surface area contributed by atoms with Gasteiger partial charge in [0.05, 0.1) is 19.4 Å². The third-order valence-electron chi connectivity index (χ3n) is 3.55. The molecule has 0 aliphatic carbocycles. The van der Waals surface area contributed by atoms with Gasteiger partial charge in [-0.15, -0.1) is 5.10 Å². The first-order valence-electron chi connectivity index (χ1n) is 7.57. The molecular formula is C15H19N7OS. The summed E-state index contributed by atoms with van der Waals surface area (Å²) in [6.07, 6.45) is 1.72. The molecule has 1 aromatic heterocycles. The smallest absolute Gasteiger partial charge is 0.247 e. The lowest BCUT2D eigenvalue weighted by molar-refractivity contribution is 0.122. The van der Waals surface area contributed by atoms with Gasteiger partial charge < -0.3 is 15.4 Å². The van der Waals surface area contributed by atoms with Crippen LogP contribution in [0.25, 0.3) is 0 Å². The molecule has 1 fully saturated rings. The molecule has 0 atom stereocenters. The number of anilines is 2. The molecule has 1 aromatic carbocycles. The summed E-state index contributed by atoms with van der Waals surface area (Å²) in [5.41, 5.74) is 6.94. The maximum absolute atomic E-state index is 5.96. The van der Waals surface area contributed by atoms with Crippen LogP contribution >= 0.6 is 12.2 Å². The zero-order valence-electron chi connectivity index (χ0n) is 13.4. The Hall–Kier alpha value is -2.52. The zero-order valence-corrected chi connectivity index (χ0v) is 14.2. The molecule has 1 aliphatic rings. The van der Waals surface area contributed by atoms with Crippen LogP contribution in [-0.2, 0) is 4.74 Å². The molecule has 1 saturated heterocycles. The summed E-state index contributed by atoms with van der Waals surface area (Å²) >= 11 is 5.41. The van der Waals surface area contributed by atoms with Crippen LogP contribution in [0.2, 0.25) is 0 Å². The van der Waals surface area contributed by atoms with Crippen LogP contribution in [0.4, 0.5) is 11.9 Å². The molecule has 0 spiro atoms. The van der Waals surface area contributed by atoms with Gasteiger partial charge in [0.15, 0.2) is 0 Å². The van der Waals surface area contributed by atoms with Gasteiger partial charge >= 0.3 is 0 Å². The maximum atomic E-state index is 5.96. The number of thiocarbonyl (C=S) groups is 1. The van der Waals surface area contributed by atoms with E-state index in [1.165, 1.54) is 9.69 Å². The summed E-state index contributed by atoms with van der Waals surface area (Å²) in [6, 6.07) is 9.77. The highest BCUT2D eigenvalue weighted by Gasteiger charge is 2.19. The quantitative estimate of drug-likeness (QED) is 0.500. The van der Waals surface area contributed by atoms with Crippen LogP contribution in [0.3, 0.4) is 0 Å². The number of ether oxygens (including phenoxy) is 1. The van der Waals surface area contributed by atoms with Crippen LogP contribution in [-0.4, -0.2) is 64.5 Å². The molecule has 8 nitrogen and oxygen atoms in total. The van der Waals surface area contributed by atoms with E-state index in [1.807, 2.05) is 35.2 Å². The minimum absolute atomic E-state index is 0.239. The number of morpholine rings is 1. The molecule has 2 aromatic rings. The highest BCUT2D eigenvalue weighted by Crippen LogP contribution is 2.13. The standard InChI is InChI=1S/C15H19N7OS/c1-20(17-11-12-5-3-2-4-6-12)15(24)22-13(16)18-14(19-22)21-7-9-23-10-8-21/h2-6,11H,7-10H2,1H3,(H2,16,18,19)/b17-11+. The van der Waals surface area contributed by atoms with Crippen molar-refractivity contribution in [2.24, 2.45) is 5.10 Å². The van der Waals surface area contributed by atoms with E-state index in [-0.39, 0.29) is 5.95 Å². The first-order valence-corrected chi connectivity index (χ1v) is 7.98. The Morgan fingerprint density at radius 2 is 2.04 bits per heavy atom. The van der Waals surface area contributed by atoms with E-state index < -0.39 is 0 Å².